The predicted molar refractivity (Wildman–Crippen MR) is 133 cm³/mol. The minimum atomic E-state index is -0.581. The molecule has 2 aliphatic rings. The predicted octanol–water partition coefficient (Wildman–Crippen LogP) is 5.71. The first-order valence-electron chi connectivity index (χ1n) is 11.3. The van der Waals surface area contributed by atoms with Crippen LogP contribution in [0, 0.1) is 18.2 Å². The van der Waals surface area contributed by atoms with Crippen molar-refractivity contribution in [3.63, 3.8) is 0 Å². The number of allylic oxidation sites excluding steroid dienone is 2. The Labute approximate surface area is 201 Å². The lowest BCUT2D eigenvalue weighted by atomic mass is 9.69. The fourth-order valence-corrected chi connectivity index (χ4v) is 5.60. The zero-order valence-corrected chi connectivity index (χ0v) is 20.2. The molecule has 0 fully saturated rings. The van der Waals surface area contributed by atoms with Crippen LogP contribution in [0.2, 0.25) is 0 Å². The number of nitrogens with zero attached hydrogens (tertiary/aromatic N) is 1. The van der Waals surface area contributed by atoms with Crippen LogP contribution in [0.15, 0.2) is 69.8 Å². The van der Waals surface area contributed by atoms with Crippen molar-refractivity contribution in [3.05, 3.63) is 98.2 Å². The Morgan fingerprint density at radius 1 is 1.06 bits per heavy atom. The normalized spacial score (nSPS) is 18.8. The number of halogens is 1. The van der Waals surface area contributed by atoms with Crippen molar-refractivity contribution >= 4 is 23.4 Å². The Morgan fingerprint density at radius 3 is 2.47 bits per heavy atom. The van der Waals surface area contributed by atoms with Crippen LogP contribution in [0.5, 0.6) is 0 Å². The highest BCUT2D eigenvalue weighted by Gasteiger charge is 2.42. The minimum absolute atomic E-state index is 0.0101. The molecule has 2 N–H and O–H groups in total. The van der Waals surface area contributed by atoms with Crippen LogP contribution in [0.4, 0.5) is 10.2 Å². The van der Waals surface area contributed by atoms with Gasteiger partial charge in [0.15, 0.2) is 10.9 Å². The van der Waals surface area contributed by atoms with E-state index in [1.165, 1.54) is 29.5 Å². The molecule has 1 atom stereocenters. The Kier molecular flexibility index (Phi) is 5.68. The van der Waals surface area contributed by atoms with Gasteiger partial charge in [-0.15, -0.1) is 0 Å². The first kappa shape index (κ1) is 22.6. The molecular formula is C27H26FN3O2S. The van der Waals surface area contributed by atoms with E-state index in [0.29, 0.717) is 46.3 Å². The third kappa shape index (κ3) is 4.32. The highest BCUT2D eigenvalue weighted by atomic mass is 32.2. The summed E-state index contributed by atoms with van der Waals surface area (Å²) in [4.78, 5) is 34.2. The van der Waals surface area contributed by atoms with Gasteiger partial charge in [0.25, 0.3) is 5.56 Å². The number of hydrogen-bond acceptors (Lipinski definition) is 5. The van der Waals surface area contributed by atoms with Gasteiger partial charge in [-0.25, -0.2) is 9.37 Å². The maximum atomic E-state index is 13.7. The molecule has 3 aromatic rings. The van der Waals surface area contributed by atoms with E-state index in [2.05, 4.69) is 48.4 Å². The number of anilines is 1. The largest absolute Gasteiger partial charge is 0.343 e. The van der Waals surface area contributed by atoms with Gasteiger partial charge in [-0.05, 0) is 42.0 Å². The van der Waals surface area contributed by atoms with Gasteiger partial charge < -0.3 is 10.3 Å². The molecule has 0 spiro atoms. The highest BCUT2D eigenvalue weighted by Crippen LogP contribution is 2.47. The van der Waals surface area contributed by atoms with Crippen LogP contribution in [-0.2, 0) is 10.5 Å². The van der Waals surface area contributed by atoms with Crippen LogP contribution in [-0.4, -0.2) is 15.8 Å². The van der Waals surface area contributed by atoms with Gasteiger partial charge in [0, 0.05) is 29.4 Å². The minimum Gasteiger partial charge on any atom is -0.343 e. The lowest BCUT2D eigenvalue weighted by molar-refractivity contribution is -0.118. The second-order valence-electron chi connectivity index (χ2n) is 9.85. The molecule has 0 radical (unpaired) electrons. The summed E-state index contributed by atoms with van der Waals surface area (Å²) in [5, 5.41) is 3.84. The number of fused-ring (bicyclic) bond motifs is 1. The number of hydrogen-bond donors (Lipinski definition) is 2. The smallest absolute Gasteiger partial charge is 0.257 e. The van der Waals surface area contributed by atoms with Crippen molar-refractivity contribution in [2.24, 2.45) is 5.41 Å². The van der Waals surface area contributed by atoms with E-state index < -0.39 is 5.92 Å². The van der Waals surface area contributed by atoms with Gasteiger partial charge >= 0.3 is 0 Å². The number of nitrogens with one attached hydrogen (secondary N) is 2. The van der Waals surface area contributed by atoms with E-state index in [1.54, 1.807) is 12.1 Å². The van der Waals surface area contributed by atoms with Crippen molar-refractivity contribution in [1.29, 1.82) is 0 Å². The van der Waals surface area contributed by atoms with Crippen LogP contribution in [0.3, 0.4) is 0 Å². The van der Waals surface area contributed by atoms with Crippen molar-refractivity contribution in [2.75, 3.05) is 5.32 Å². The summed E-state index contributed by atoms with van der Waals surface area (Å²) in [7, 11) is 0. The van der Waals surface area contributed by atoms with Crippen LogP contribution >= 0.6 is 11.8 Å². The zero-order chi connectivity index (χ0) is 24.0. The average Bonchev–Trinajstić information content (AvgIpc) is 2.77. The fraction of sp³-hybridized carbons (Fsp3) is 0.296. The third-order valence-corrected chi connectivity index (χ3v) is 7.34. The molecule has 5 nitrogen and oxygen atoms in total. The maximum absolute atomic E-state index is 13.7. The number of aromatic amines is 1. The number of ketones is 1. The summed E-state index contributed by atoms with van der Waals surface area (Å²) in [5.74, 6) is 0.202. The number of benzene rings is 2. The topological polar surface area (TPSA) is 74.8 Å². The van der Waals surface area contributed by atoms with Crippen LogP contribution in [0.25, 0.3) is 0 Å². The number of Topliss-reactive ketones (excluding diaryl/α,β-unsaturated/α-hetero) is 1. The highest BCUT2D eigenvalue weighted by molar-refractivity contribution is 7.98. The first-order valence-corrected chi connectivity index (χ1v) is 12.3. The third-order valence-electron chi connectivity index (χ3n) is 6.40. The summed E-state index contributed by atoms with van der Waals surface area (Å²) in [6.07, 6.45) is 1.07. The Morgan fingerprint density at radius 2 is 1.76 bits per heavy atom. The summed E-state index contributed by atoms with van der Waals surface area (Å²) in [6.45, 7) is 6.17. The molecular weight excluding hydrogens is 449 g/mol. The molecule has 0 amide bonds. The molecule has 5 rings (SSSR count). The van der Waals surface area contributed by atoms with E-state index >= 15 is 0 Å². The van der Waals surface area contributed by atoms with Gasteiger partial charge in [0.05, 0.1) is 5.56 Å². The number of aromatic nitrogens is 2. The molecule has 0 saturated carbocycles. The molecule has 2 aromatic carbocycles. The fourth-order valence-electron chi connectivity index (χ4n) is 4.79. The van der Waals surface area contributed by atoms with Gasteiger partial charge in [-0.3, -0.25) is 9.59 Å². The lowest BCUT2D eigenvalue weighted by Gasteiger charge is -2.38. The molecule has 2 heterocycles. The first-order chi connectivity index (χ1) is 16.2. The van der Waals surface area contributed by atoms with Crippen LogP contribution in [0.1, 0.15) is 54.9 Å². The van der Waals surface area contributed by atoms with Crippen molar-refractivity contribution in [2.45, 2.75) is 50.4 Å². The van der Waals surface area contributed by atoms with E-state index in [0.717, 1.165) is 11.3 Å². The summed E-state index contributed by atoms with van der Waals surface area (Å²) in [5.41, 5.74) is 4.34. The zero-order valence-electron chi connectivity index (χ0n) is 19.4. The van der Waals surface area contributed by atoms with Crippen molar-refractivity contribution in [3.8, 4) is 0 Å². The Hall–Kier alpha value is -3.19. The standard InChI is InChI=1S/C27H26FN3O2S/c1-15-4-6-16(7-5-15)14-34-26-30-24-23(25(33)31-26)21(17-8-10-18(28)11-9-17)22-19(29-24)12-27(2,3)13-20(22)32/h4-11,21H,12-14H2,1-3H3,(H2,29,30,31,33). The van der Waals surface area contributed by atoms with E-state index in [1.807, 2.05) is 6.92 Å². The maximum Gasteiger partial charge on any atom is 0.257 e. The van der Waals surface area contributed by atoms with Gasteiger partial charge in [0.1, 0.15) is 11.6 Å². The number of H-pyrrole nitrogens is 1. The molecule has 34 heavy (non-hydrogen) atoms. The Balaban J connectivity index is 1.57. The van der Waals surface area contributed by atoms with Gasteiger partial charge in [0.2, 0.25) is 0 Å². The number of aryl methyl sites for hydroxylation is 1. The monoisotopic (exact) mass is 475 g/mol. The van der Waals surface area contributed by atoms with Crippen LogP contribution < -0.4 is 10.9 Å². The molecule has 7 heteroatoms. The van der Waals surface area contributed by atoms with Crippen molar-refractivity contribution < 1.29 is 9.18 Å². The number of carbonyl (C=O) groups excluding carboxylic acids is 1. The molecule has 0 bridgehead atoms. The average molecular weight is 476 g/mol. The summed E-state index contributed by atoms with van der Waals surface area (Å²) >= 11 is 1.46. The second kappa shape index (κ2) is 8.55. The van der Waals surface area contributed by atoms with E-state index in [9.17, 15) is 14.0 Å². The molecule has 1 unspecified atom stereocenters. The van der Waals surface area contributed by atoms with E-state index in [4.69, 9.17) is 4.98 Å². The molecule has 1 aliphatic carbocycles. The number of thioether (sulfide) groups is 1. The summed E-state index contributed by atoms with van der Waals surface area (Å²) < 4.78 is 13.7. The Bertz CT molecular complexity index is 1360. The molecule has 0 saturated heterocycles. The molecule has 174 valence electrons. The molecule has 1 aromatic heterocycles. The quantitative estimate of drug-likeness (QED) is 0.373. The van der Waals surface area contributed by atoms with Gasteiger partial charge in [-0.1, -0.05) is 67.6 Å². The second-order valence-corrected chi connectivity index (χ2v) is 10.8. The number of carbonyl (C=O) groups is 1. The van der Waals surface area contributed by atoms with Crippen molar-refractivity contribution in [1.82, 2.24) is 9.97 Å². The summed E-state index contributed by atoms with van der Waals surface area (Å²) in [6, 6.07) is 14.3. The number of rotatable bonds is 4. The lowest BCUT2D eigenvalue weighted by Crippen LogP contribution is -2.37. The van der Waals surface area contributed by atoms with E-state index in [-0.39, 0.29) is 22.6 Å². The van der Waals surface area contributed by atoms with Gasteiger partial charge in [-0.2, -0.15) is 0 Å². The SMILES string of the molecule is Cc1ccc(CSc2nc3c(c(=O)[nH]2)C(c2ccc(F)cc2)C2=C(CC(C)(C)CC2=O)N3)cc1. The molecule has 1 aliphatic heterocycles.